The minimum atomic E-state index is -5.98. The maximum absolute atomic E-state index is 15.6. The Morgan fingerprint density at radius 3 is 1.52 bits per heavy atom. The summed E-state index contributed by atoms with van der Waals surface area (Å²) in [5.41, 5.74) is -1.20. The molecule has 4 nitrogen and oxygen atoms in total. The normalized spacial score (nSPS) is 12.4. The second kappa shape index (κ2) is 10.6. The zero-order chi connectivity index (χ0) is 29.6. The van der Waals surface area contributed by atoms with Crippen molar-refractivity contribution in [2.24, 2.45) is 0 Å². The maximum atomic E-state index is 15.6. The Labute approximate surface area is 233 Å². The van der Waals surface area contributed by atoms with Gasteiger partial charge < -0.3 is 8.75 Å². The van der Waals surface area contributed by atoms with E-state index in [4.69, 9.17) is 4.18 Å². The highest BCUT2D eigenvalue weighted by Gasteiger charge is 2.49. The number of benzene rings is 4. The molecule has 0 N–H and O–H groups in total. The van der Waals surface area contributed by atoms with Gasteiger partial charge >= 0.3 is 15.6 Å². The number of rotatable bonds is 6. The molecule has 0 amide bonds. The molecule has 0 aliphatic rings. The van der Waals surface area contributed by atoms with E-state index < -0.39 is 28.5 Å². The number of hydrogen-bond donors (Lipinski definition) is 0. The first-order valence-electron chi connectivity index (χ1n) is 12.6. The summed E-state index contributed by atoms with van der Waals surface area (Å²) in [6.07, 6.45) is 0. The van der Waals surface area contributed by atoms with Crippen LogP contribution in [0, 0.1) is 41.5 Å². The number of aryl methyl sites for hydroxylation is 2. The van der Waals surface area contributed by atoms with Crippen LogP contribution in [-0.2, 0) is 14.7 Å². The molecule has 0 bridgehead atoms. The molecule has 40 heavy (non-hydrogen) atoms. The standard InChI is InChI=1S/C31H30F3O4PS/c1-19-17-27(29(23(5)21(19)3)38-40(36,37)31(32,33)34)28-18-20(2)22(4)24(6)30(28)39(35,25-13-9-7-10-14-25)26-15-11-8-12-16-26/h7-18H,1-6H3. The van der Waals surface area contributed by atoms with Crippen molar-refractivity contribution in [2.45, 2.75) is 47.1 Å². The Morgan fingerprint density at radius 1 is 0.650 bits per heavy atom. The van der Waals surface area contributed by atoms with Crippen LogP contribution >= 0.6 is 7.14 Å². The molecule has 0 spiro atoms. The van der Waals surface area contributed by atoms with Gasteiger partial charge in [0.15, 0.2) is 12.9 Å². The second-order valence-corrected chi connectivity index (χ2v) is 14.2. The van der Waals surface area contributed by atoms with Gasteiger partial charge in [-0.2, -0.15) is 21.6 Å². The minimum absolute atomic E-state index is 0.127. The van der Waals surface area contributed by atoms with Crippen LogP contribution in [-0.4, -0.2) is 13.9 Å². The Kier molecular flexibility index (Phi) is 7.83. The fourth-order valence-corrected chi connectivity index (χ4v) is 8.58. The first-order valence-corrected chi connectivity index (χ1v) is 15.7. The zero-order valence-corrected chi connectivity index (χ0v) is 24.8. The van der Waals surface area contributed by atoms with Crippen LogP contribution in [0.4, 0.5) is 13.2 Å². The van der Waals surface area contributed by atoms with Crippen LogP contribution in [0.5, 0.6) is 5.75 Å². The van der Waals surface area contributed by atoms with E-state index >= 15 is 4.57 Å². The Bertz CT molecular complexity index is 1700. The van der Waals surface area contributed by atoms with E-state index in [1.165, 1.54) is 6.92 Å². The van der Waals surface area contributed by atoms with Gasteiger partial charge in [0.2, 0.25) is 0 Å². The lowest BCUT2D eigenvalue weighted by Gasteiger charge is -2.28. The van der Waals surface area contributed by atoms with Crippen molar-refractivity contribution in [1.82, 2.24) is 0 Å². The molecular weight excluding hydrogens is 556 g/mol. The lowest BCUT2D eigenvalue weighted by Crippen LogP contribution is -2.30. The second-order valence-electron chi connectivity index (χ2n) is 9.92. The smallest absolute Gasteiger partial charge is 0.375 e. The van der Waals surface area contributed by atoms with Crippen molar-refractivity contribution in [2.75, 3.05) is 0 Å². The Hall–Kier alpha value is -3.35. The number of alkyl halides is 3. The largest absolute Gasteiger partial charge is 0.534 e. The highest BCUT2D eigenvalue weighted by molar-refractivity contribution is 7.88. The molecule has 4 rings (SSSR count). The van der Waals surface area contributed by atoms with Crippen molar-refractivity contribution in [3.63, 3.8) is 0 Å². The molecule has 4 aromatic rings. The highest BCUT2D eigenvalue weighted by atomic mass is 32.2. The summed E-state index contributed by atoms with van der Waals surface area (Å²) in [5, 5.41) is 1.50. The van der Waals surface area contributed by atoms with Crippen molar-refractivity contribution in [1.29, 1.82) is 0 Å². The predicted molar refractivity (Wildman–Crippen MR) is 155 cm³/mol. The topological polar surface area (TPSA) is 60.4 Å². The minimum Gasteiger partial charge on any atom is -0.375 e. The van der Waals surface area contributed by atoms with E-state index in [0.29, 0.717) is 32.6 Å². The summed E-state index contributed by atoms with van der Waals surface area (Å²) in [6.45, 7) is 10.6. The zero-order valence-electron chi connectivity index (χ0n) is 23.1. The van der Waals surface area contributed by atoms with Crippen molar-refractivity contribution < 1.29 is 30.3 Å². The van der Waals surface area contributed by atoms with Crippen molar-refractivity contribution in [3.8, 4) is 16.9 Å². The molecule has 0 atom stereocenters. The van der Waals surface area contributed by atoms with Crippen LogP contribution < -0.4 is 20.1 Å². The van der Waals surface area contributed by atoms with Crippen LogP contribution in [0.3, 0.4) is 0 Å². The summed E-state index contributed by atoms with van der Waals surface area (Å²) < 4.78 is 85.4. The fraction of sp³-hybridized carbons (Fsp3) is 0.226. The van der Waals surface area contributed by atoms with E-state index in [1.54, 1.807) is 74.5 Å². The predicted octanol–water partition coefficient (Wildman–Crippen LogP) is 7.07. The van der Waals surface area contributed by atoms with Gasteiger partial charge in [-0.3, -0.25) is 0 Å². The molecule has 9 heteroatoms. The van der Waals surface area contributed by atoms with Crippen LogP contribution in [0.2, 0.25) is 0 Å². The van der Waals surface area contributed by atoms with E-state index in [2.05, 4.69) is 0 Å². The third kappa shape index (κ3) is 4.99. The number of hydrogen-bond acceptors (Lipinski definition) is 4. The Balaban J connectivity index is 2.21. The molecule has 4 aromatic carbocycles. The highest BCUT2D eigenvalue weighted by Crippen LogP contribution is 2.49. The van der Waals surface area contributed by atoms with Gasteiger partial charge in [-0.15, -0.1) is 0 Å². The maximum Gasteiger partial charge on any atom is 0.534 e. The molecular formula is C31H30F3O4PS. The van der Waals surface area contributed by atoms with E-state index in [9.17, 15) is 21.6 Å². The number of halogens is 3. The fourth-order valence-electron chi connectivity index (χ4n) is 4.89. The molecule has 0 aromatic heterocycles. The lowest BCUT2D eigenvalue weighted by atomic mass is 9.91. The van der Waals surface area contributed by atoms with Gasteiger partial charge in [0.1, 0.15) is 0 Å². The average molecular weight is 587 g/mol. The van der Waals surface area contributed by atoms with E-state index in [0.717, 1.165) is 16.7 Å². The third-order valence-electron chi connectivity index (χ3n) is 7.55. The summed E-state index contributed by atoms with van der Waals surface area (Å²) in [7, 11) is -9.62. The van der Waals surface area contributed by atoms with E-state index in [-0.39, 0.29) is 11.1 Å². The first-order chi connectivity index (χ1) is 18.6. The molecule has 0 aliphatic heterocycles. The molecule has 0 saturated carbocycles. The van der Waals surface area contributed by atoms with Gasteiger partial charge in [-0.25, -0.2) is 0 Å². The van der Waals surface area contributed by atoms with Gasteiger partial charge in [0, 0.05) is 21.5 Å². The van der Waals surface area contributed by atoms with E-state index in [1.807, 2.05) is 32.9 Å². The molecule has 210 valence electrons. The van der Waals surface area contributed by atoms with Gasteiger partial charge in [-0.05, 0) is 86.6 Å². The average Bonchev–Trinajstić information content (AvgIpc) is 2.91. The lowest BCUT2D eigenvalue weighted by molar-refractivity contribution is -0.0500. The van der Waals surface area contributed by atoms with Gasteiger partial charge in [0.05, 0.1) is 0 Å². The first kappa shape index (κ1) is 29.6. The van der Waals surface area contributed by atoms with Crippen LogP contribution in [0.1, 0.15) is 33.4 Å². The van der Waals surface area contributed by atoms with Crippen molar-refractivity contribution >= 4 is 33.2 Å². The molecule has 0 aliphatic carbocycles. The molecule has 0 heterocycles. The molecule has 0 unspecified atom stereocenters. The molecule has 0 saturated heterocycles. The van der Waals surface area contributed by atoms with Crippen LogP contribution in [0.15, 0.2) is 72.8 Å². The summed E-state index contributed by atoms with van der Waals surface area (Å²) in [4.78, 5) is 0. The van der Waals surface area contributed by atoms with Gasteiger partial charge in [-0.1, -0.05) is 66.7 Å². The molecule has 0 radical (unpaired) electrons. The van der Waals surface area contributed by atoms with Crippen molar-refractivity contribution in [3.05, 3.63) is 106 Å². The summed E-state index contributed by atoms with van der Waals surface area (Å²) in [6, 6.07) is 21.2. The Morgan fingerprint density at radius 2 is 1.07 bits per heavy atom. The summed E-state index contributed by atoms with van der Waals surface area (Å²) in [5.74, 6) is -0.433. The quantitative estimate of drug-likeness (QED) is 0.138. The SMILES string of the molecule is Cc1cc(-c2cc(C)c(C)c(C)c2P(=O)(c2ccccc2)c2ccccc2)c(OS(=O)(=O)C(F)(F)F)c(C)c1C. The molecule has 0 fully saturated rings. The summed E-state index contributed by atoms with van der Waals surface area (Å²) >= 11 is 0. The van der Waals surface area contributed by atoms with Gasteiger partial charge in [0.25, 0.3) is 0 Å². The monoisotopic (exact) mass is 586 g/mol. The third-order valence-corrected chi connectivity index (χ3v) is 11.8. The van der Waals surface area contributed by atoms with Crippen LogP contribution in [0.25, 0.3) is 11.1 Å².